The van der Waals surface area contributed by atoms with E-state index in [0.717, 1.165) is 12.8 Å². The van der Waals surface area contributed by atoms with E-state index in [-0.39, 0.29) is 5.91 Å². The van der Waals surface area contributed by atoms with Crippen LogP contribution in [-0.2, 0) is 4.79 Å². The summed E-state index contributed by atoms with van der Waals surface area (Å²) in [5, 5.41) is 6.25. The van der Waals surface area contributed by atoms with Crippen molar-refractivity contribution in [1.82, 2.24) is 10.6 Å². The van der Waals surface area contributed by atoms with E-state index in [1.54, 1.807) is 0 Å². The molecule has 0 saturated heterocycles. The maximum atomic E-state index is 11.0. The first-order chi connectivity index (χ1) is 5.76. The molecule has 0 aliphatic heterocycles. The van der Waals surface area contributed by atoms with Gasteiger partial charge in [0.2, 0.25) is 5.91 Å². The Morgan fingerprint density at radius 2 is 2.08 bits per heavy atom. The van der Waals surface area contributed by atoms with E-state index >= 15 is 0 Å². The molecule has 0 aromatic carbocycles. The smallest absolute Gasteiger partial charge is 0.219 e. The van der Waals surface area contributed by atoms with Gasteiger partial charge in [-0.05, 0) is 26.3 Å². The van der Waals surface area contributed by atoms with Crippen LogP contribution in [0.5, 0.6) is 0 Å². The van der Waals surface area contributed by atoms with Gasteiger partial charge >= 0.3 is 0 Å². The Labute approximate surface area is 73.9 Å². The first kappa shape index (κ1) is 9.52. The van der Waals surface area contributed by atoms with E-state index in [9.17, 15) is 4.79 Å². The predicted octanol–water partition coefficient (Wildman–Crippen LogP) is 0.653. The first-order valence-electron chi connectivity index (χ1n) is 4.73. The van der Waals surface area contributed by atoms with Crippen molar-refractivity contribution in [3.05, 3.63) is 0 Å². The summed E-state index contributed by atoms with van der Waals surface area (Å²) in [6.45, 7) is 1.89. The van der Waals surface area contributed by atoms with Crippen LogP contribution in [0.2, 0.25) is 0 Å². The second-order valence-electron chi connectivity index (χ2n) is 3.42. The quantitative estimate of drug-likeness (QED) is 0.653. The first-order valence-corrected chi connectivity index (χ1v) is 4.73. The molecule has 70 valence electrons. The van der Waals surface area contributed by atoms with Gasteiger partial charge < -0.3 is 10.6 Å². The van der Waals surface area contributed by atoms with Crippen LogP contribution in [0.3, 0.4) is 0 Å². The fourth-order valence-electron chi connectivity index (χ4n) is 1.70. The highest BCUT2D eigenvalue weighted by molar-refractivity contribution is 5.75. The third-order valence-electron chi connectivity index (χ3n) is 2.53. The Balaban J connectivity index is 2.23. The van der Waals surface area contributed by atoms with Gasteiger partial charge in [-0.3, -0.25) is 4.79 Å². The minimum Gasteiger partial charge on any atom is -0.353 e. The molecule has 0 aromatic heterocycles. The molecule has 3 heteroatoms. The van der Waals surface area contributed by atoms with Crippen molar-refractivity contribution >= 4 is 5.91 Å². The molecule has 0 heterocycles. The second kappa shape index (κ2) is 4.45. The molecule has 0 aromatic rings. The van der Waals surface area contributed by atoms with Crippen LogP contribution in [0.1, 0.15) is 32.6 Å². The molecule has 0 spiro atoms. The van der Waals surface area contributed by atoms with Crippen molar-refractivity contribution in [2.45, 2.75) is 44.7 Å². The van der Waals surface area contributed by atoms with Crippen LogP contribution in [-0.4, -0.2) is 25.0 Å². The number of nitrogens with one attached hydrogen (secondary N) is 2. The van der Waals surface area contributed by atoms with Gasteiger partial charge in [0.1, 0.15) is 0 Å². The number of carbonyl (C=O) groups is 1. The molecule has 2 atom stereocenters. The minimum absolute atomic E-state index is 0.178. The van der Waals surface area contributed by atoms with Gasteiger partial charge in [-0.2, -0.15) is 0 Å². The predicted molar refractivity (Wildman–Crippen MR) is 48.9 cm³/mol. The lowest BCUT2D eigenvalue weighted by molar-refractivity contribution is -0.121. The third-order valence-corrected chi connectivity index (χ3v) is 2.53. The zero-order chi connectivity index (χ0) is 8.97. The standard InChI is InChI=1S/C9H18N2O/c1-3-9(12)11-8-5-4-7(6-8)10-2/h7-8,10H,3-6H2,1-2H3,(H,11,12). The lowest BCUT2D eigenvalue weighted by atomic mass is 10.2. The van der Waals surface area contributed by atoms with Crippen molar-refractivity contribution in [1.29, 1.82) is 0 Å². The molecule has 1 aliphatic carbocycles. The van der Waals surface area contributed by atoms with Crippen LogP contribution in [0.25, 0.3) is 0 Å². The monoisotopic (exact) mass is 170 g/mol. The molecular formula is C9H18N2O. The molecule has 0 radical (unpaired) electrons. The maximum Gasteiger partial charge on any atom is 0.219 e. The lowest BCUT2D eigenvalue weighted by Crippen LogP contribution is -2.33. The van der Waals surface area contributed by atoms with Gasteiger partial charge in [-0.25, -0.2) is 0 Å². The van der Waals surface area contributed by atoms with Gasteiger partial charge in [0.15, 0.2) is 0 Å². The second-order valence-corrected chi connectivity index (χ2v) is 3.42. The summed E-state index contributed by atoms with van der Waals surface area (Å²) in [5.74, 6) is 0.178. The van der Waals surface area contributed by atoms with Crippen LogP contribution >= 0.6 is 0 Å². The number of hydrogen-bond donors (Lipinski definition) is 2. The van der Waals surface area contributed by atoms with Gasteiger partial charge in [0, 0.05) is 18.5 Å². The van der Waals surface area contributed by atoms with Crippen LogP contribution in [0.4, 0.5) is 0 Å². The third kappa shape index (κ3) is 2.48. The van der Waals surface area contributed by atoms with E-state index in [4.69, 9.17) is 0 Å². The van der Waals surface area contributed by atoms with Gasteiger partial charge in [0.25, 0.3) is 0 Å². The van der Waals surface area contributed by atoms with Crippen LogP contribution in [0.15, 0.2) is 0 Å². The van der Waals surface area contributed by atoms with Crippen molar-refractivity contribution in [3.63, 3.8) is 0 Å². The summed E-state index contributed by atoms with van der Waals surface area (Å²) < 4.78 is 0. The molecule has 1 fully saturated rings. The van der Waals surface area contributed by atoms with Crippen LogP contribution < -0.4 is 10.6 Å². The summed E-state index contributed by atoms with van der Waals surface area (Å²) in [7, 11) is 1.98. The lowest BCUT2D eigenvalue weighted by Gasteiger charge is -2.11. The minimum atomic E-state index is 0.178. The van der Waals surface area contributed by atoms with Gasteiger partial charge in [0.05, 0.1) is 0 Å². The summed E-state index contributed by atoms with van der Waals surface area (Å²) in [6, 6.07) is 1.02. The molecular weight excluding hydrogens is 152 g/mol. The average Bonchev–Trinajstić information content (AvgIpc) is 2.52. The molecule has 0 bridgehead atoms. The summed E-state index contributed by atoms with van der Waals surface area (Å²) in [6.07, 6.45) is 3.99. The van der Waals surface area contributed by atoms with Crippen molar-refractivity contribution in [3.8, 4) is 0 Å². The molecule has 1 rings (SSSR count). The maximum absolute atomic E-state index is 11.0. The number of hydrogen-bond acceptors (Lipinski definition) is 2. The normalized spacial score (nSPS) is 28.8. The summed E-state index contributed by atoms with van der Waals surface area (Å²) in [5.41, 5.74) is 0. The van der Waals surface area contributed by atoms with Crippen molar-refractivity contribution < 1.29 is 4.79 Å². The van der Waals surface area contributed by atoms with E-state index in [2.05, 4.69) is 10.6 Å². The average molecular weight is 170 g/mol. The van der Waals surface area contributed by atoms with Crippen LogP contribution in [0, 0.1) is 0 Å². The molecule has 1 saturated carbocycles. The Kier molecular flexibility index (Phi) is 3.53. The molecule has 12 heavy (non-hydrogen) atoms. The van der Waals surface area contributed by atoms with E-state index in [0.29, 0.717) is 18.5 Å². The highest BCUT2D eigenvalue weighted by Crippen LogP contribution is 2.18. The Morgan fingerprint density at radius 3 is 2.58 bits per heavy atom. The largest absolute Gasteiger partial charge is 0.353 e. The zero-order valence-electron chi connectivity index (χ0n) is 7.89. The zero-order valence-corrected chi connectivity index (χ0v) is 7.89. The fraction of sp³-hybridized carbons (Fsp3) is 0.889. The highest BCUT2D eigenvalue weighted by atomic mass is 16.1. The molecule has 2 unspecified atom stereocenters. The number of carbonyl (C=O) groups excluding carboxylic acids is 1. The van der Waals surface area contributed by atoms with Crippen molar-refractivity contribution in [2.24, 2.45) is 0 Å². The molecule has 1 amide bonds. The Hall–Kier alpha value is -0.570. The summed E-state index contributed by atoms with van der Waals surface area (Å²) in [4.78, 5) is 11.0. The Bertz CT molecular complexity index is 159. The molecule has 1 aliphatic rings. The summed E-state index contributed by atoms with van der Waals surface area (Å²) >= 11 is 0. The topological polar surface area (TPSA) is 41.1 Å². The number of amides is 1. The molecule has 2 N–H and O–H groups in total. The fourth-order valence-corrected chi connectivity index (χ4v) is 1.70. The van der Waals surface area contributed by atoms with E-state index in [1.165, 1.54) is 6.42 Å². The van der Waals surface area contributed by atoms with Crippen molar-refractivity contribution in [2.75, 3.05) is 7.05 Å². The SMILES string of the molecule is CCC(=O)NC1CCC(NC)C1. The van der Waals surface area contributed by atoms with E-state index in [1.807, 2.05) is 14.0 Å². The highest BCUT2D eigenvalue weighted by Gasteiger charge is 2.23. The van der Waals surface area contributed by atoms with Gasteiger partial charge in [-0.15, -0.1) is 0 Å². The Morgan fingerprint density at radius 1 is 1.42 bits per heavy atom. The molecule has 3 nitrogen and oxygen atoms in total. The van der Waals surface area contributed by atoms with Gasteiger partial charge in [-0.1, -0.05) is 6.92 Å². The number of rotatable bonds is 3. The van der Waals surface area contributed by atoms with E-state index < -0.39 is 0 Å².